The Labute approximate surface area is 185 Å². The van der Waals surface area contributed by atoms with E-state index >= 15 is 0 Å². The van der Waals surface area contributed by atoms with Crippen LogP contribution in [0.4, 0.5) is 0 Å². The number of hydrogen-bond acceptors (Lipinski definition) is 4. The van der Waals surface area contributed by atoms with Crippen LogP contribution in [0.3, 0.4) is 0 Å². The summed E-state index contributed by atoms with van der Waals surface area (Å²) in [6.45, 7) is 0.530. The lowest BCUT2D eigenvalue weighted by atomic mass is 9.68. The predicted molar refractivity (Wildman–Crippen MR) is 122 cm³/mol. The average Bonchev–Trinajstić information content (AvgIpc) is 2.79. The molecule has 0 unspecified atom stereocenters. The van der Waals surface area contributed by atoms with Gasteiger partial charge in [0.25, 0.3) is 5.56 Å². The molecular formula is C24H25ClN4O2. The Morgan fingerprint density at radius 1 is 1.10 bits per heavy atom. The number of nitrogens with zero attached hydrogens (tertiary/aromatic N) is 2. The molecule has 3 aromatic rings. The molecule has 0 bridgehead atoms. The molecule has 1 aliphatic carbocycles. The second-order valence-corrected chi connectivity index (χ2v) is 8.61. The van der Waals surface area contributed by atoms with E-state index < -0.39 is 5.91 Å². The van der Waals surface area contributed by atoms with Crippen molar-refractivity contribution in [2.75, 3.05) is 6.54 Å². The Bertz CT molecular complexity index is 1170. The first-order valence-corrected chi connectivity index (χ1v) is 10.8. The van der Waals surface area contributed by atoms with Crippen LogP contribution in [-0.2, 0) is 5.41 Å². The molecule has 7 heteroatoms. The maximum absolute atomic E-state index is 12.6. The molecule has 0 aliphatic heterocycles. The molecule has 0 spiro atoms. The van der Waals surface area contributed by atoms with Gasteiger partial charge in [0.2, 0.25) is 5.91 Å². The van der Waals surface area contributed by atoms with Gasteiger partial charge in [-0.25, -0.2) is 4.68 Å². The summed E-state index contributed by atoms with van der Waals surface area (Å²) in [6, 6.07) is 18.0. The van der Waals surface area contributed by atoms with Crippen molar-refractivity contribution in [3.05, 3.63) is 87.2 Å². The fraction of sp³-hybridized carbons (Fsp3) is 0.292. The maximum Gasteiger partial charge on any atom is 0.267 e. The third-order valence-corrected chi connectivity index (χ3v) is 6.59. The van der Waals surface area contributed by atoms with Crippen LogP contribution < -0.4 is 17.0 Å². The highest BCUT2D eigenvalue weighted by Crippen LogP contribution is 2.42. The summed E-state index contributed by atoms with van der Waals surface area (Å²) in [7, 11) is 0. The van der Waals surface area contributed by atoms with E-state index in [1.807, 2.05) is 24.3 Å². The Morgan fingerprint density at radius 2 is 1.84 bits per heavy atom. The molecule has 0 atom stereocenters. The Kier molecular flexibility index (Phi) is 5.94. The van der Waals surface area contributed by atoms with E-state index in [9.17, 15) is 9.59 Å². The van der Waals surface area contributed by atoms with Gasteiger partial charge in [0.05, 0.1) is 11.7 Å². The number of carbonyl (C=O) groups excluding carboxylic acids is 1. The topological polar surface area (TPSA) is 104 Å². The lowest BCUT2D eigenvalue weighted by Gasteiger charge is -2.40. The van der Waals surface area contributed by atoms with E-state index in [4.69, 9.17) is 23.1 Å². The van der Waals surface area contributed by atoms with Crippen LogP contribution in [0.1, 0.15) is 47.6 Å². The van der Waals surface area contributed by atoms with Gasteiger partial charge in [-0.1, -0.05) is 35.9 Å². The average molecular weight is 437 g/mol. The number of primary amides is 1. The summed E-state index contributed by atoms with van der Waals surface area (Å²) in [6.07, 6.45) is 3.29. The molecule has 0 radical (unpaired) electrons. The van der Waals surface area contributed by atoms with Crippen molar-refractivity contribution in [2.45, 2.75) is 37.1 Å². The number of amides is 1. The number of aromatic nitrogens is 2. The summed E-state index contributed by atoms with van der Waals surface area (Å²) < 4.78 is 1.57. The van der Waals surface area contributed by atoms with Crippen molar-refractivity contribution in [3.63, 3.8) is 0 Å². The number of halogens is 1. The van der Waals surface area contributed by atoms with Gasteiger partial charge in [-0.2, -0.15) is 5.10 Å². The smallest absolute Gasteiger partial charge is 0.267 e. The van der Waals surface area contributed by atoms with Gasteiger partial charge >= 0.3 is 0 Å². The van der Waals surface area contributed by atoms with Crippen LogP contribution in [0.2, 0.25) is 5.02 Å². The number of nitrogens with two attached hydrogens (primary N) is 2. The number of rotatable bonds is 5. The van der Waals surface area contributed by atoms with Gasteiger partial charge in [0, 0.05) is 34.2 Å². The SMILES string of the molecule is NC[C@]1(c2cccc(Cl)c2)CC[C@H](n2nc(-c3cccc(C(N)=O)c3)ccc2=O)CC1. The van der Waals surface area contributed by atoms with E-state index in [2.05, 4.69) is 11.2 Å². The molecule has 1 fully saturated rings. The third-order valence-electron chi connectivity index (χ3n) is 6.35. The van der Waals surface area contributed by atoms with Crippen molar-refractivity contribution < 1.29 is 4.79 Å². The molecule has 160 valence electrons. The summed E-state index contributed by atoms with van der Waals surface area (Å²) in [5, 5.41) is 5.33. The van der Waals surface area contributed by atoms with Gasteiger partial charge < -0.3 is 11.5 Å². The monoisotopic (exact) mass is 436 g/mol. The Morgan fingerprint density at radius 3 is 2.52 bits per heavy atom. The molecule has 1 saturated carbocycles. The van der Waals surface area contributed by atoms with E-state index in [0.717, 1.165) is 36.8 Å². The number of carbonyl (C=O) groups is 1. The molecule has 6 nitrogen and oxygen atoms in total. The summed E-state index contributed by atoms with van der Waals surface area (Å²) in [4.78, 5) is 24.1. The first-order chi connectivity index (χ1) is 14.9. The maximum atomic E-state index is 12.6. The van der Waals surface area contributed by atoms with Crippen LogP contribution >= 0.6 is 11.6 Å². The second-order valence-electron chi connectivity index (χ2n) is 8.17. The van der Waals surface area contributed by atoms with Crippen molar-refractivity contribution in [1.82, 2.24) is 9.78 Å². The van der Waals surface area contributed by atoms with Crippen molar-refractivity contribution in [1.29, 1.82) is 0 Å². The summed E-state index contributed by atoms with van der Waals surface area (Å²) in [5.74, 6) is -0.499. The van der Waals surface area contributed by atoms with Crippen LogP contribution in [0, 0.1) is 0 Å². The van der Waals surface area contributed by atoms with Crippen molar-refractivity contribution in [2.24, 2.45) is 11.5 Å². The normalized spacial score (nSPS) is 21.0. The number of benzene rings is 2. The fourth-order valence-corrected chi connectivity index (χ4v) is 4.69. The minimum absolute atomic E-state index is 0.00867. The van der Waals surface area contributed by atoms with E-state index in [1.165, 1.54) is 6.07 Å². The highest BCUT2D eigenvalue weighted by molar-refractivity contribution is 6.30. The lowest BCUT2D eigenvalue weighted by molar-refractivity contribution is 0.100. The van der Waals surface area contributed by atoms with E-state index in [-0.39, 0.29) is 17.0 Å². The van der Waals surface area contributed by atoms with Crippen LogP contribution in [0.5, 0.6) is 0 Å². The molecule has 1 aromatic heterocycles. The zero-order chi connectivity index (χ0) is 22.0. The first-order valence-electron chi connectivity index (χ1n) is 10.4. The molecule has 1 aliphatic rings. The van der Waals surface area contributed by atoms with Gasteiger partial charge in [0.15, 0.2) is 0 Å². The molecule has 2 aromatic carbocycles. The highest BCUT2D eigenvalue weighted by Gasteiger charge is 2.37. The Balaban J connectivity index is 1.60. The minimum atomic E-state index is -0.499. The largest absolute Gasteiger partial charge is 0.366 e. The van der Waals surface area contributed by atoms with Crippen molar-refractivity contribution >= 4 is 17.5 Å². The molecule has 0 saturated heterocycles. The number of hydrogen-bond donors (Lipinski definition) is 2. The van der Waals surface area contributed by atoms with Gasteiger partial charge in [-0.05, 0) is 61.6 Å². The molecule has 31 heavy (non-hydrogen) atoms. The van der Waals surface area contributed by atoms with Gasteiger partial charge in [-0.3, -0.25) is 9.59 Å². The second kappa shape index (κ2) is 8.65. The highest BCUT2D eigenvalue weighted by atomic mass is 35.5. The van der Waals surface area contributed by atoms with Crippen molar-refractivity contribution in [3.8, 4) is 11.3 Å². The zero-order valence-corrected chi connectivity index (χ0v) is 17.9. The molecule has 4 rings (SSSR count). The minimum Gasteiger partial charge on any atom is -0.366 e. The van der Waals surface area contributed by atoms with E-state index in [0.29, 0.717) is 22.8 Å². The quantitative estimate of drug-likeness (QED) is 0.636. The summed E-state index contributed by atoms with van der Waals surface area (Å²) in [5.41, 5.74) is 14.3. The molecular weight excluding hydrogens is 412 g/mol. The summed E-state index contributed by atoms with van der Waals surface area (Å²) >= 11 is 6.21. The third kappa shape index (κ3) is 4.27. The van der Waals surface area contributed by atoms with Crippen LogP contribution in [-0.4, -0.2) is 22.2 Å². The molecule has 1 amide bonds. The fourth-order valence-electron chi connectivity index (χ4n) is 4.50. The standard InChI is InChI=1S/C24H25ClN4O2/c25-19-6-2-5-18(14-19)24(15-26)11-9-20(10-12-24)29-22(30)8-7-21(28-29)16-3-1-4-17(13-16)23(27)31/h1-8,13-14,20H,9-12,15,26H2,(H2,27,31)/t20-,24-. The first kappa shape index (κ1) is 21.3. The zero-order valence-electron chi connectivity index (χ0n) is 17.1. The Hall–Kier alpha value is -2.96. The lowest BCUT2D eigenvalue weighted by Crippen LogP contribution is -2.41. The van der Waals surface area contributed by atoms with Crippen LogP contribution in [0.15, 0.2) is 65.5 Å². The molecule has 1 heterocycles. The van der Waals surface area contributed by atoms with Crippen LogP contribution in [0.25, 0.3) is 11.3 Å². The van der Waals surface area contributed by atoms with Gasteiger partial charge in [-0.15, -0.1) is 0 Å². The van der Waals surface area contributed by atoms with Gasteiger partial charge in [0.1, 0.15) is 0 Å². The molecule has 4 N–H and O–H groups in total. The van der Waals surface area contributed by atoms with E-state index in [1.54, 1.807) is 28.9 Å². The predicted octanol–water partition coefficient (Wildman–Crippen LogP) is 3.67.